The quantitative estimate of drug-likeness (QED) is 0.799. The summed E-state index contributed by atoms with van der Waals surface area (Å²) in [7, 11) is 0. The van der Waals surface area contributed by atoms with Gasteiger partial charge in [-0.3, -0.25) is 4.79 Å². The molecule has 0 unspecified atom stereocenters. The van der Waals surface area contributed by atoms with Crippen molar-refractivity contribution < 1.29 is 15.4 Å². The molecule has 1 fully saturated rings. The fourth-order valence-corrected chi connectivity index (χ4v) is 3.15. The van der Waals surface area contributed by atoms with Crippen molar-refractivity contribution >= 4 is 5.97 Å². The highest BCUT2D eigenvalue weighted by Crippen LogP contribution is 2.31. The number of nitrogens with zero attached hydrogens (tertiary/aromatic N) is 2. The van der Waals surface area contributed by atoms with Crippen LogP contribution in [0.25, 0.3) is 0 Å². The highest BCUT2D eigenvalue weighted by atomic mass is 16.4. The molecular formula is C16H29N3O3. The van der Waals surface area contributed by atoms with Crippen molar-refractivity contribution in [3.8, 4) is 0 Å². The third-order valence-corrected chi connectivity index (χ3v) is 4.62. The van der Waals surface area contributed by atoms with E-state index in [9.17, 15) is 9.90 Å². The number of carboxylic acid groups (broad SMARTS) is 1. The van der Waals surface area contributed by atoms with Gasteiger partial charge in [0.25, 0.3) is 0 Å². The van der Waals surface area contributed by atoms with E-state index in [1.807, 2.05) is 12.5 Å². The van der Waals surface area contributed by atoms with Crippen LogP contribution in [0.3, 0.4) is 0 Å². The molecule has 0 radical (unpaired) electrons. The molecule has 1 aliphatic carbocycles. The molecule has 0 spiro atoms. The highest BCUT2D eigenvalue weighted by Gasteiger charge is 2.22. The molecule has 5 N–H and O–H groups in total. The summed E-state index contributed by atoms with van der Waals surface area (Å²) in [5, 5.41) is 9.27. The van der Waals surface area contributed by atoms with E-state index in [1.165, 1.54) is 25.7 Å². The highest BCUT2D eigenvalue weighted by molar-refractivity contribution is 5.70. The first-order valence-corrected chi connectivity index (χ1v) is 8.05. The van der Waals surface area contributed by atoms with Crippen molar-refractivity contribution in [3.05, 3.63) is 18.2 Å². The second-order valence-electron chi connectivity index (χ2n) is 6.40. The summed E-state index contributed by atoms with van der Waals surface area (Å²) in [5.74, 6) is -0.287. The summed E-state index contributed by atoms with van der Waals surface area (Å²) in [5.41, 5.74) is 6.36. The van der Waals surface area contributed by atoms with Gasteiger partial charge in [-0.15, -0.1) is 0 Å². The Hall–Kier alpha value is -1.40. The molecule has 6 heteroatoms. The molecule has 2 rings (SSSR count). The first-order chi connectivity index (χ1) is 10.1. The first kappa shape index (κ1) is 18.6. The van der Waals surface area contributed by atoms with E-state index in [-0.39, 0.29) is 11.4 Å². The van der Waals surface area contributed by atoms with Crippen LogP contribution in [0.15, 0.2) is 12.5 Å². The minimum Gasteiger partial charge on any atom is -0.481 e. The van der Waals surface area contributed by atoms with Gasteiger partial charge in [0.2, 0.25) is 0 Å². The number of aromatic nitrogens is 2. The zero-order valence-electron chi connectivity index (χ0n) is 13.4. The van der Waals surface area contributed by atoms with E-state index in [0.29, 0.717) is 25.4 Å². The summed E-state index contributed by atoms with van der Waals surface area (Å²) < 4.78 is 2.18. The Morgan fingerprint density at radius 2 is 2.14 bits per heavy atom. The Bertz CT molecular complexity index is 453. The van der Waals surface area contributed by atoms with Crippen LogP contribution in [0.4, 0.5) is 0 Å². The minimum atomic E-state index is -0.746. The number of nitrogens with two attached hydrogens (primary N) is 1. The lowest BCUT2D eigenvalue weighted by molar-refractivity contribution is -0.142. The lowest BCUT2D eigenvalue weighted by Crippen LogP contribution is -2.18. The molecule has 1 aromatic heterocycles. The predicted octanol–water partition coefficient (Wildman–Crippen LogP) is 1.79. The van der Waals surface area contributed by atoms with E-state index in [0.717, 1.165) is 18.0 Å². The van der Waals surface area contributed by atoms with Gasteiger partial charge >= 0.3 is 5.97 Å². The number of carbonyl (C=O) groups is 1. The Kier molecular flexibility index (Phi) is 7.55. The van der Waals surface area contributed by atoms with Gasteiger partial charge in [-0.05, 0) is 51.0 Å². The second-order valence-corrected chi connectivity index (χ2v) is 6.40. The second kappa shape index (κ2) is 8.90. The van der Waals surface area contributed by atoms with Gasteiger partial charge in [-0.1, -0.05) is 6.92 Å². The topological polar surface area (TPSA) is 113 Å². The van der Waals surface area contributed by atoms with Crippen LogP contribution >= 0.6 is 0 Å². The largest absolute Gasteiger partial charge is 0.481 e. The Labute approximate surface area is 132 Å². The summed E-state index contributed by atoms with van der Waals surface area (Å²) in [6, 6.07) is 0.537. The fourth-order valence-electron chi connectivity index (χ4n) is 3.15. The zero-order chi connectivity index (χ0) is 15.2. The van der Waals surface area contributed by atoms with Crippen LogP contribution in [0.5, 0.6) is 0 Å². The van der Waals surface area contributed by atoms with Crippen LogP contribution in [0, 0.1) is 11.8 Å². The molecule has 1 saturated carbocycles. The lowest BCUT2D eigenvalue weighted by Gasteiger charge is -2.26. The average Bonchev–Trinajstić information content (AvgIpc) is 2.92. The summed E-state index contributed by atoms with van der Waals surface area (Å²) in [6.45, 7) is 2.85. The van der Waals surface area contributed by atoms with Crippen molar-refractivity contribution in [2.45, 2.75) is 57.9 Å². The number of rotatable bonds is 7. The van der Waals surface area contributed by atoms with Crippen molar-refractivity contribution in [3.63, 3.8) is 0 Å². The van der Waals surface area contributed by atoms with Gasteiger partial charge in [-0.2, -0.15) is 0 Å². The smallest absolute Gasteiger partial charge is 0.306 e. The molecule has 0 saturated heterocycles. The maximum atomic E-state index is 11.3. The summed E-state index contributed by atoms with van der Waals surface area (Å²) in [6.07, 6.45) is 10.7. The van der Waals surface area contributed by atoms with Crippen LogP contribution in [0.2, 0.25) is 0 Å². The van der Waals surface area contributed by atoms with Crippen molar-refractivity contribution in [1.29, 1.82) is 0 Å². The molecule has 126 valence electrons. The normalized spacial score (nSPS) is 22.8. The van der Waals surface area contributed by atoms with Gasteiger partial charge in [0.1, 0.15) is 0 Å². The van der Waals surface area contributed by atoms with Crippen LogP contribution < -0.4 is 5.73 Å². The zero-order valence-corrected chi connectivity index (χ0v) is 13.4. The number of hydrogen-bond donors (Lipinski definition) is 2. The third-order valence-electron chi connectivity index (χ3n) is 4.62. The summed E-state index contributed by atoms with van der Waals surface area (Å²) >= 11 is 0. The Balaban J connectivity index is 0.00000242. The monoisotopic (exact) mass is 311 g/mol. The fraction of sp³-hybridized carbons (Fsp3) is 0.750. The number of imidazole rings is 1. The number of aliphatic carboxylic acids is 1. The van der Waals surface area contributed by atoms with Gasteiger partial charge in [0.15, 0.2) is 0 Å². The van der Waals surface area contributed by atoms with E-state index < -0.39 is 5.97 Å². The van der Waals surface area contributed by atoms with Crippen LogP contribution in [0.1, 0.15) is 57.2 Å². The van der Waals surface area contributed by atoms with E-state index in [4.69, 9.17) is 5.73 Å². The molecule has 0 bridgehead atoms. The Morgan fingerprint density at radius 1 is 1.45 bits per heavy atom. The van der Waals surface area contributed by atoms with Gasteiger partial charge in [0, 0.05) is 18.7 Å². The number of carboxylic acids is 1. The average molecular weight is 311 g/mol. The number of hydrogen-bond acceptors (Lipinski definition) is 3. The molecule has 0 aliphatic heterocycles. The first-order valence-electron chi connectivity index (χ1n) is 8.05. The van der Waals surface area contributed by atoms with Gasteiger partial charge in [0.05, 0.1) is 17.9 Å². The molecule has 1 aliphatic rings. The van der Waals surface area contributed by atoms with Crippen LogP contribution in [-0.2, 0) is 11.2 Å². The Morgan fingerprint density at radius 3 is 2.73 bits per heavy atom. The molecular weight excluding hydrogens is 282 g/mol. The molecule has 6 nitrogen and oxygen atoms in total. The maximum absolute atomic E-state index is 11.3. The van der Waals surface area contributed by atoms with E-state index in [2.05, 4.69) is 16.5 Å². The van der Waals surface area contributed by atoms with Gasteiger partial charge < -0.3 is 20.9 Å². The predicted molar refractivity (Wildman–Crippen MR) is 85.6 cm³/mol. The van der Waals surface area contributed by atoms with Crippen molar-refractivity contribution in [2.24, 2.45) is 17.6 Å². The lowest BCUT2D eigenvalue weighted by atomic mass is 9.87. The molecule has 0 amide bonds. The molecule has 1 aromatic rings. The van der Waals surface area contributed by atoms with Crippen molar-refractivity contribution in [1.82, 2.24) is 9.55 Å². The summed E-state index contributed by atoms with van der Waals surface area (Å²) in [4.78, 5) is 15.7. The van der Waals surface area contributed by atoms with E-state index in [1.54, 1.807) is 0 Å². The minimum absolute atomic E-state index is 0. The SMILES string of the molecule is CC1CCC(n2cnc(C[C@H](CCCN)C(=O)O)c2)CC1.O. The molecule has 22 heavy (non-hydrogen) atoms. The van der Waals surface area contributed by atoms with Gasteiger partial charge in [-0.25, -0.2) is 4.98 Å². The molecule has 0 aromatic carbocycles. The molecule has 1 atom stereocenters. The van der Waals surface area contributed by atoms with E-state index >= 15 is 0 Å². The third kappa shape index (κ3) is 5.10. The van der Waals surface area contributed by atoms with Crippen LogP contribution in [-0.4, -0.2) is 32.6 Å². The van der Waals surface area contributed by atoms with Crippen molar-refractivity contribution in [2.75, 3.05) is 6.54 Å². The standard InChI is InChI=1S/C16H27N3O2.H2O/c1-12-4-6-15(7-5-12)19-10-14(18-11-19)9-13(16(20)21)3-2-8-17;/h10-13,15H,2-9,17H2,1H3,(H,20,21);1H2/t12?,13-,15?;/m0./s1. The maximum Gasteiger partial charge on any atom is 0.306 e. The molecule has 1 heterocycles.